The van der Waals surface area contributed by atoms with Crippen LogP contribution in [0.1, 0.15) is 30.5 Å². The van der Waals surface area contributed by atoms with E-state index in [2.05, 4.69) is 12.6 Å². The van der Waals surface area contributed by atoms with Gasteiger partial charge in [0.1, 0.15) is 0 Å². The van der Waals surface area contributed by atoms with E-state index in [1.807, 2.05) is 32.9 Å². The number of allylic oxidation sites excluding steroid dienone is 1. The zero-order valence-corrected chi connectivity index (χ0v) is 8.44. The van der Waals surface area contributed by atoms with Gasteiger partial charge in [-0.15, -0.1) is 0 Å². The van der Waals surface area contributed by atoms with Crippen LogP contribution in [0.2, 0.25) is 0 Å². The summed E-state index contributed by atoms with van der Waals surface area (Å²) in [6, 6.07) is 6.08. The van der Waals surface area contributed by atoms with E-state index in [1.54, 1.807) is 0 Å². The lowest BCUT2D eigenvalue weighted by Crippen LogP contribution is -1.96. The number of benzene rings is 1. The van der Waals surface area contributed by atoms with Crippen LogP contribution in [0.25, 0.3) is 5.57 Å². The average molecular weight is 173 g/mol. The molecule has 0 bridgehead atoms. The van der Waals surface area contributed by atoms with Gasteiger partial charge in [-0.3, -0.25) is 0 Å². The van der Waals surface area contributed by atoms with Gasteiger partial charge in [0.15, 0.2) is 0 Å². The molecular weight excluding hydrogens is 158 g/mol. The van der Waals surface area contributed by atoms with E-state index in [0.717, 1.165) is 22.3 Å². The highest BCUT2D eigenvalue weighted by Gasteiger charge is 2.01. The molecule has 68 valence electrons. The maximum Gasteiger partial charge on any atom is 0.0357 e. The third-order valence-corrected chi connectivity index (χ3v) is 2.12. The van der Waals surface area contributed by atoms with Crippen molar-refractivity contribution in [3.63, 3.8) is 0 Å². The quantitative estimate of drug-likeness (QED) is 0.663. The molecule has 13 heavy (non-hydrogen) atoms. The molecule has 0 radical (unpaired) electrons. The molecule has 1 aromatic rings. The van der Waals surface area contributed by atoms with Gasteiger partial charge < -0.3 is 5.41 Å². The predicted octanol–water partition coefficient (Wildman–Crippen LogP) is 3.42. The highest BCUT2D eigenvalue weighted by Crippen LogP contribution is 2.16. The molecule has 0 saturated carbocycles. The van der Waals surface area contributed by atoms with Crippen LogP contribution < -0.4 is 0 Å². The van der Waals surface area contributed by atoms with Crippen LogP contribution in [0.5, 0.6) is 0 Å². The minimum Gasteiger partial charge on any atom is -0.305 e. The Hall–Kier alpha value is -1.37. The monoisotopic (exact) mass is 173 g/mol. The fourth-order valence-corrected chi connectivity index (χ4v) is 1.35. The van der Waals surface area contributed by atoms with Gasteiger partial charge in [0.25, 0.3) is 0 Å². The summed E-state index contributed by atoms with van der Waals surface area (Å²) in [7, 11) is 0. The SMILES string of the molecule is C=C(C)c1ccc(C(C)=N)c(C)c1. The predicted molar refractivity (Wildman–Crippen MR) is 58.4 cm³/mol. The van der Waals surface area contributed by atoms with Gasteiger partial charge in [-0.05, 0) is 37.5 Å². The third kappa shape index (κ3) is 2.05. The van der Waals surface area contributed by atoms with Crippen LogP contribution in [0.3, 0.4) is 0 Å². The number of hydrogen-bond acceptors (Lipinski definition) is 1. The molecule has 1 rings (SSSR count). The summed E-state index contributed by atoms with van der Waals surface area (Å²) in [4.78, 5) is 0. The molecule has 1 N–H and O–H groups in total. The first kappa shape index (κ1) is 9.72. The summed E-state index contributed by atoms with van der Waals surface area (Å²) in [5.41, 5.74) is 5.00. The second-order valence-electron chi connectivity index (χ2n) is 3.44. The normalized spacial score (nSPS) is 9.77. The lowest BCUT2D eigenvalue weighted by atomic mass is 9.99. The molecule has 1 nitrogen and oxygen atoms in total. The van der Waals surface area contributed by atoms with Crippen LogP contribution in [-0.2, 0) is 0 Å². The summed E-state index contributed by atoms with van der Waals surface area (Å²) < 4.78 is 0. The molecule has 1 heteroatoms. The Kier molecular flexibility index (Phi) is 2.66. The molecule has 0 aliphatic carbocycles. The summed E-state index contributed by atoms with van der Waals surface area (Å²) in [5, 5.41) is 7.53. The molecule has 0 aliphatic heterocycles. The molecule has 0 amide bonds. The average Bonchev–Trinajstić information content (AvgIpc) is 2.03. The van der Waals surface area contributed by atoms with Crippen LogP contribution in [0, 0.1) is 12.3 Å². The number of hydrogen-bond donors (Lipinski definition) is 1. The second-order valence-corrected chi connectivity index (χ2v) is 3.44. The lowest BCUT2D eigenvalue weighted by Gasteiger charge is -2.06. The van der Waals surface area contributed by atoms with Crippen molar-refractivity contribution in [2.24, 2.45) is 0 Å². The molecule has 0 unspecified atom stereocenters. The molecular formula is C12H15N. The van der Waals surface area contributed by atoms with Crippen molar-refractivity contribution in [3.8, 4) is 0 Å². The first-order chi connectivity index (χ1) is 6.02. The van der Waals surface area contributed by atoms with Crippen molar-refractivity contribution in [2.45, 2.75) is 20.8 Å². The fourth-order valence-electron chi connectivity index (χ4n) is 1.35. The maximum absolute atomic E-state index is 7.53. The van der Waals surface area contributed by atoms with Crippen molar-refractivity contribution in [3.05, 3.63) is 41.5 Å². The van der Waals surface area contributed by atoms with Gasteiger partial charge in [0, 0.05) is 5.71 Å². The Bertz CT molecular complexity index is 361. The molecule has 0 heterocycles. The highest BCUT2D eigenvalue weighted by atomic mass is 14.4. The Morgan fingerprint density at radius 3 is 2.31 bits per heavy atom. The van der Waals surface area contributed by atoms with E-state index in [9.17, 15) is 0 Å². The summed E-state index contributed by atoms with van der Waals surface area (Å²) >= 11 is 0. The Morgan fingerprint density at radius 2 is 1.92 bits per heavy atom. The molecule has 0 fully saturated rings. The smallest absolute Gasteiger partial charge is 0.0357 e. The molecule has 0 spiro atoms. The largest absolute Gasteiger partial charge is 0.305 e. The lowest BCUT2D eigenvalue weighted by molar-refractivity contribution is 1.37. The Balaban J connectivity index is 3.20. The van der Waals surface area contributed by atoms with Crippen LogP contribution in [-0.4, -0.2) is 5.71 Å². The van der Waals surface area contributed by atoms with Crippen molar-refractivity contribution in [1.82, 2.24) is 0 Å². The molecule has 0 aliphatic rings. The van der Waals surface area contributed by atoms with E-state index < -0.39 is 0 Å². The zero-order chi connectivity index (χ0) is 10.0. The van der Waals surface area contributed by atoms with E-state index in [1.165, 1.54) is 0 Å². The van der Waals surface area contributed by atoms with Crippen molar-refractivity contribution >= 4 is 11.3 Å². The van der Waals surface area contributed by atoms with Gasteiger partial charge in [-0.25, -0.2) is 0 Å². The zero-order valence-electron chi connectivity index (χ0n) is 8.44. The number of aryl methyl sites for hydroxylation is 1. The third-order valence-electron chi connectivity index (χ3n) is 2.12. The van der Waals surface area contributed by atoms with Crippen molar-refractivity contribution in [2.75, 3.05) is 0 Å². The first-order valence-corrected chi connectivity index (χ1v) is 4.34. The summed E-state index contributed by atoms with van der Waals surface area (Å²) in [5.74, 6) is 0. The van der Waals surface area contributed by atoms with Gasteiger partial charge >= 0.3 is 0 Å². The summed E-state index contributed by atoms with van der Waals surface area (Å²) in [6.45, 7) is 9.72. The van der Waals surface area contributed by atoms with E-state index in [4.69, 9.17) is 5.41 Å². The minimum absolute atomic E-state index is 0.616. The second kappa shape index (κ2) is 3.56. The fraction of sp³-hybridized carbons (Fsp3) is 0.250. The van der Waals surface area contributed by atoms with Crippen LogP contribution in [0.15, 0.2) is 24.8 Å². The van der Waals surface area contributed by atoms with Gasteiger partial charge in [0.2, 0.25) is 0 Å². The molecule has 0 atom stereocenters. The Morgan fingerprint density at radius 1 is 1.31 bits per heavy atom. The van der Waals surface area contributed by atoms with E-state index in [-0.39, 0.29) is 0 Å². The van der Waals surface area contributed by atoms with Gasteiger partial charge in [-0.1, -0.05) is 30.4 Å². The van der Waals surface area contributed by atoms with E-state index in [0.29, 0.717) is 5.71 Å². The maximum atomic E-state index is 7.53. The van der Waals surface area contributed by atoms with Crippen LogP contribution >= 0.6 is 0 Å². The van der Waals surface area contributed by atoms with Crippen molar-refractivity contribution in [1.29, 1.82) is 5.41 Å². The molecule has 1 aromatic carbocycles. The first-order valence-electron chi connectivity index (χ1n) is 4.34. The minimum atomic E-state index is 0.616. The summed E-state index contributed by atoms with van der Waals surface area (Å²) in [6.07, 6.45) is 0. The van der Waals surface area contributed by atoms with Crippen molar-refractivity contribution < 1.29 is 0 Å². The van der Waals surface area contributed by atoms with E-state index >= 15 is 0 Å². The molecule has 0 aromatic heterocycles. The standard InChI is InChI=1S/C12H15N/c1-8(2)11-5-6-12(10(4)13)9(3)7-11/h5-7,13H,1H2,2-4H3. The molecule has 0 saturated heterocycles. The van der Waals surface area contributed by atoms with Crippen LogP contribution in [0.4, 0.5) is 0 Å². The van der Waals surface area contributed by atoms with Gasteiger partial charge in [0.05, 0.1) is 0 Å². The number of rotatable bonds is 2. The topological polar surface area (TPSA) is 23.9 Å². The Labute approximate surface area is 79.6 Å². The highest BCUT2D eigenvalue weighted by molar-refractivity contribution is 5.97. The van der Waals surface area contributed by atoms with Gasteiger partial charge in [-0.2, -0.15) is 0 Å². The number of nitrogens with one attached hydrogen (secondary N) is 1.